The smallest absolute Gasteiger partial charge is 0.341 e. The van der Waals surface area contributed by atoms with Gasteiger partial charge in [0.2, 0.25) is 0 Å². The van der Waals surface area contributed by atoms with E-state index in [4.69, 9.17) is 15.6 Å². The molecule has 1 aromatic carbocycles. The molecule has 0 amide bonds. The van der Waals surface area contributed by atoms with E-state index in [2.05, 4.69) is 0 Å². The lowest BCUT2D eigenvalue weighted by atomic mass is 9.88. The zero-order valence-electron chi connectivity index (χ0n) is 8.98. The summed E-state index contributed by atoms with van der Waals surface area (Å²) >= 11 is 0. The normalized spacial score (nSPS) is 18.9. The van der Waals surface area contributed by atoms with Crippen molar-refractivity contribution < 1.29 is 14.6 Å². The summed E-state index contributed by atoms with van der Waals surface area (Å²) in [5, 5.41) is 8.58. The van der Waals surface area contributed by atoms with E-state index in [1.54, 1.807) is 6.07 Å². The van der Waals surface area contributed by atoms with E-state index in [1.807, 2.05) is 12.1 Å². The average molecular weight is 221 g/mol. The van der Waals surface area contributed by atoms with Crippen LogP contribution in [0.5, 0.6) is 5.75 Å². The molecule has 0 saturated carbocycles. The first kappa shape index (κ1) is 11.0. The fourth-order valence-electron chi connectivity index (χ4n) is 2.13. The maximum absolute atomic E-state index is 10.5. The average Bonchev–Trinajstić information content (AvgIpc) is 2.27. The van der Waals surface area contributed by atoms with E-state index >= 15 is 0 Å². The highest BCUT2D eigenvalue weighted by molar-refractivity contribution is 5.68. The topological polar surface area (TPSA) is 72.5 Å². The second-order valence-electron chi connectivity index (χ2n) is 4.01. The molecular formula is C12H15NO3. The Kier molecular flexibility index (Phi) is 3.10. The molecule has 0 aliphatic heterocycles. The molecule has 0 heterocycles. The quantitative estimate of drug-likeness (QED) is 0.811. The number of rotatable bonds is 3. The summed E-state index contributed by atoms with van der Waals surface area (Å²) in [4.78, 5) is 10.5. The first-order valence-electron chi connectivity index (χ1n) is 5.40. The van der Waals surface area contributed by atoms with Gasteiger partial charge in [-0.3, -0.25) is 0 Å². The number of nitrogens with two attached hydrogens (primary N) is 1. The van der Waals surface area contributed by atoms with Crippen molar-refractivity contribution in [3.63, 3.8) is 0 Å². The molecule has 3 N–H and O–H groups in total. The number of aliphatic carboxylic acids is 1. The van der Waals surface area contributed by atoms with Crippen LogP contribution in [0.4, 0.5) is 0 Å². The molecule has 4 nitrogen and oxygen atoms in total. The van der Waals surface area contributed by atoms with Gasteiger partial charge in [0.25, 0.3) is 0 Å². The molecule has 0 saturated heterocycles. The van der Waals surface area contributed by atoms with Crippen molar-refractivity contribution in [3.8, 4) is 5.75 Å². The Hall–Kier alpha value is -1.55. The van der Waals surface area contributed by atoms with Gasteiger partial charge in [-0.25, -0.2) is 4.79 Å². The lowest BCUT2D eigenvalue weighted by molar-refractivity contribution is -0.139. The SMILES string of the molecule is NC1CCCc2c(OCC(=O)O)cccc21. The Morgan fingerprint density at radius 3 is 3.12 bits per heavy atom. The van der Waals surface area contributed by atoms with Crippen LogP contribution in [-0.4, -0.2) is 17.7 Å². The monoisotopic (exact) mass is 221 g/mol. The van der Waals surface area contributed by atoms with Gasteiger partial charge in [-0.05, 0) is 36.5 Å². The van der Waals surface area contributed by atoms with E-state index in [1.165, 1.54) is 0 Å². The number of carbonyl (C=O) groups is 1. The highest BCUT2D eigenvalue weighted by atomic mass is 16.5. The Labute approximate surface area is 94.0 Å². The second kappa shape index (κ2) is 4.53. The van der Waals surface area contributed by atoms with Crippen molar-refractivity contribution in [2.75, 3.05) is 6.61 Å². The maximum atomic E-state index is 10.5. The predicted octanol–water partition coefficient (Wildman–Crippen LogP) is 1.49. The van der Waals surface area contributed by atoms with Crippen LogP contribution in [0, 0.1) is 0 Å². The summed E-state index contributed by atoms with van der Waals surface area (Å²) in [7, 11) is 0. The van der Waals surface area contributed by atoms with Crippen LogP contribution in [0.15, 0.2) is 18.2 Å². The minimum absolute atomic E-state index is 0.0529. The van der Waals surface area contributed by atoms with Gasteiger partial charge >= 0.3 is 5.97 Å². The van der Waals surface area contributed by atoms with Crippen molar-refractivity contribution in [1.29, 1.82) is 0 Å². The Bertz CT molecular complexity index is 403. The molecule has 0 fully saturated rings. The minimum Gasteiger partial charge on any atom is -0.482 e. The minimum atomic E-state index is -0.960. The zero-order chi connectivity index (χ0) is 11.5. The highest BCUT2D eigenvalue weighted by Gasteiger charge is 2.19. The van der Waals surface area contributed by atoms with Crippen molar-refractivity contribution >= 4 is 5.97 Å². The number of hydrogen-bond donors (Lipinski definition) is 2. The van der Waals surface area contributed by atoms with Crippen LogP contribution in [0.1, 0.15) is 30.0 Å². The largest absolute Gasteiger partial charge is 0.482 e. The van der Waals surface area contributed by atoms with Crippen LogP contribution >= 0.6 is 0 Å². The maximum Gasteiger partial charge on any atom is 0.341 e. The molecular weight excluding hydrogens is 206 g/mol. The molecule has 1 atom stereocenters. The summed E-state index contributed by atoms with van der Waals surface area (Å²) in [6, 6.07) is 5.71. The van der Waals surface area contributed by atoms with Gasteiger partial charge in [0.15, 0.2) is 6.61 Å². The number of ether oxygens (including phenoxy) is 1. The van der Waals surface area contributed by atoms with Crippen molar-refractivity contribution in [2.45, 2.75) is 25.3 Å². The number of carboxylic acid groups (broad SMARTS) is 1. The second-order valence-corrected chi connectivity index (χ2v) is 4.01. The number of hydrogen-bond acceptors (Lipinski definition) is 3. The zero-order valence-corrected chi connectivity index (χ0v) is 8.98. The van der Waals surface area contributed by atoms with Crippen molar-refractivity contribution in [3.05, 3.63) is 29.3 Å². The predicted molar refractivity (Wildman–Crippen MR) is 59.4 cm³/mol. The first-order chi connectivity index (χ1) is 7.68. The van der Waals surface area contributed by atoms with E-state index in [-0.39, 0.29) is 12.6 Å². The highest BCUT2D eigenvalue weighted by Crippen LogP contribution is 2.33. The fraction of sp³-hybridized carbons (Fsp3) is 0.417. The van der Waals surface area contributed by atoms with Crippen LogP contribution in [0.3, 0.4) is 0 Å². The molecule has 1 unspecified atom stereocenters. The number of benzene rings is 1. The van der Waals surface area contributed by atoms with E-state index < -0.39 is 5.97 Å². The number of fused-ring (bicyclic) bond motifs is 1. The summed E-state index contributed by atoms with van der Waals surface area (Å²) in [6.07, 6.45) is 2.93. The van der Waals surface area contributed by atoms with E-state index in [0.29, 0.717) is 5.75 Å². The Morgan fingerprint density at radius 1 is 1.56 bits per heavy atom. The van der Waals surface area contributed by atoms with Crippen LogP contribution in [0.25, 0.3) is 0 Å². The van der Waals surface area contributed by atoms with Crippen LogP contribution in [-0.2, 0) is 11.2 Å². The lowest BCUT2D eigenvalue weighted by Crippen LogP contribution is -2.19. The molecule has 4 heteroatoms. The van der Waals surface area contributed by atoms with Gasteiger partial charge in [-0.2, -0.15) is 0 Å². The molecule has 1 aliphatic carbocycles. The lowest BCUT2D eigenvalue weighted by Gasteiger charge is -2.24. The van der Waals surface area contributed by atoms with Gasteiger partial charge in [0.05, 0.1) is 0 Å². The molecule has 0 bridgehead atoms. The molecule has 0 aromatic heterocycles. The molecule has 0 spiro atoms. The summed E-state index contributed by atoms with van der Waals surface area (Å²) in [6.45, 7) is -0.300. The van der Waals surface area contributed by atoms with Gasteiger partial charge in [0.1, 0.15) is 5.75 Å². The Morgan fingerprint density at radius 2 is 2.38 bits per heavy atom. The van der Waals surface area contributed by atoms with E-state index in [0.717, 1.165) is 30.4 Å². The molecule has 0 radical (unpaired) electrons. The third kappa shape index (κ3) is 2.17. The molecule has 16 heavy (non-hydrogen) atoms. The van der Waals surface area contributed by atoms with Gasteiger partial charge in [-0.1, -0.05) is 12.1 Å². The summed E-state index contributed by atoms with van der Waals surface area (Å²) in [5.41, 5.74) is 8.16. The van der Waals surface area contributed by atoms with Crippen LogP contribution < -0.4 is 10.5 Å². The van der Waals surface area contributed by atoms with Gasteiger partial charge < -0.3 is 15.6 Å². The molecule has 1 aliphatic rings. The van der Waals surface area contributed by atoms with Crippen molar-refractivity contribution in [1.82, 2.24) is 0 Å². The third-order valence-electron chi connectivity index (χ3n) is 2.86. The van der Waals surface area contributed by atoms with Gasteiger partial charge in [-0.15, -0.1) is 0 Å². The van der Waals surface area contributed by atoms with E-state index in [9.17, 15) is 4.79 Å². The van der Waals surface area contributed by atoms with Gasteiger partial charge in [0, 0.05) is 6.04 Å². The van der Waals surface area contributed by atoms with Crippen LogP contribution in [0.2, 0.25) is 0 Å². The summed E-state index contributed by atoms with van der Waals surface area (Å²) in [5.74, 6) is -0.298. The summed E-state index contributed by atoms with van der Waals surface area (Å²) < 4.78 is 5.26. The first-order valence-corrected chi connectivity index (χ1v) is 5.40. The van der Waals surface area contributed by atoms with Crippen molar-refractivity contribution in [2.24, 2.45) is 5.73 Å². The fourth-order valence-corrected chi connectivity index (χ4v) is 2.13. The molecule has 2 rings (SSSR count). The molecule has 86 valence electrons. The standard InChI is InChI=1S/C12H15NO3/c13-10-5-1-4-9-8(10)3-2-6-11(9)16-7-12(14)15/h2-3,6,10H,1,4-5,7,13H2,(H,14,15). The third-order valence-corrected chi connectivity index (χ3v) is 2.86. The number of carboxylic acids is 1. The Balaban J connectivity index is 2.25. The molecule has 1 aromatic rings.